The van der Waals surface area contributed by atoms with Gasteiger partial charge in [0.25, 0.3) is 5.69 Å². The smallest absolute Gasteiger partial charge is 0.289 e. The van der Waals surface area contributed by atoms with Gasteiger partial charge in [0.15, 0.2) is 4.90 Å². The van der Waals surface area contributed by atoms with Crippen LogP contribution in [0.3, 0.4) is 0 Å². The molecule has 1 aliphatic rings. The van der Waals surface area contributed by atoms with Crippen molar-refractivity contribution < 1.29 is 22.8 Å². The summed E-state index contributed by atoms with van der Waals surface area (Å²) in [6.45, 7) is 0.763. The highest BCUT2D eigenvalue weighted by Crippen LogP contribution is 2.28. The summed E-state index contributed by atoms with van der Waals surface area (Å²) in [4.78, 5) is 10.3. The fraction of sp³-hybridized carbons (Fsp3) is 0.368. The number of alkyl halides is 1. The Bertz CT molecular complexity index is 941. The van der Waals surface area contributed by atoms with Gasteiger partial charge in [0, 0.05) is 24.5 Å². The molecule has 3 rings (SSSR count). The van der Waals surface area contributed by atoms with E-state index < -0.39 is 26.7 Å². The first kappa shape index (κ1) is 21.8. The average Bonchev–Trinajstić information content (AvgIpc) is 2.74. The van der Waals surface area contributed by atoms with Gasteiger partial charge in [-0.1, -0.05) is 58.4 Å². The maximum Gasteiger partial charge on any atom is 0.289 e. The molecule has 0 saturated carbocycles. The van der Waals surface area contributed by atoms with Crippen molar-refractivity contribution in [1.29, 1.82) is 0 Å². The number of nitrogens with zero attached hydrogens (tertiary/aromatic N) is 2. The number of morpholine rings is 1. The van der Waals surface area contributed by atoms with Crippen LogP contribution >= 0.6 is 15.9 Å². The lowest BCUT2D eigenvalue weighted by Gasteiger charge is -2.36. The minimum Gasteiger partial charge on any atom is -0.374 e. The van der Waals surface area contributed by atoms with Gasteiger partial charge in [0.1, 0.15) is 0 Å². The summed E-state index contributed by atoms with van der Waals surface area (Å²) < 4.78 is 39.1. The standard InChI is InChI=1S/C19H21BrN2O6S/c20-10-16-11-21(29(25,26)19-9-5-4-8-18(19)22(23)24)12-17(28-16)14-27-13-15-6-2-1-3-7-15/h1-9,16-17H,10-14H2/t16?,17-/m1/s1. The zero-order valence-electron chi connectivity index (χ0n) is 15.5. The molecule has 1 saturated heterocycles. The van der Waals surface area contributed by atoms with E-state index in [1.54, 1.807) is 0 Å². The number of hydrogen-bond acceptors (Lipinski definition) is 6. The molecule has 2 atom stereocenters. The van der Waals surface area contributed by atoms with Crippen LogP contribution in [0.2, 0.25) is 0 Å². The van der Waals surface area contributed by atoms with Crippen LogP contribution in [0.25, 0.3) is 0 Å². The molecule has 8 nitrogen and oxygen atoms in total. The van der Waals surface area contributed by atoms with Crippen LogP contribution in [-0.2, 0) is 26.1 Å². The first-order valence-electron chi connectivity index (χ1n) is 8.98. The van der Waals surface area contributed by atoms with Crippen LogP contribution in [0.15, 0.2) is 59.5 Å². The number of rotatable bonds is 8. The lowest BCUT2D eigenvalue weighted by molar-refractivity contribution is -0.387. The Hall–Kier alpha value is -1.85. The van der Waals surface area contributed by atoms with E-state index in [1.807, 2.05) is 30.3 Å². The number of ether oxygens (including phenoxy) is 2. The molecule has 156 valence electrons. The highest BCUT2D eigenvalue weighted by molar-refractivity contribution is 9.09. The van der Waals surface area contributed by atoms with Gasteiger partial charge in [0.2, 0.25) is 10.0 Å². The van der Waals surface area contributed by atoms with Gasteiger partial charge in [0.05, 0.1) is 30.3 Å². The van der Waals surface area contributed by atoms with E-state index in [9.17, 15) is 18.5 Å². The molecule has 10 heteroatoms. The Morgan fingerprint density at radius 3 is 2.45 bits per heavy atom. The maximum absolute atomic E-state index is 13.1. The summed E-state index contributed by atoms with van der Waals surface area (Å²) in [5.74, 6) is 0. The van der Waals surface area contributed by atoms with Gasteiger partial charge >= 0.3 is 0 Å². The molecular weight excluding hydrogens is 464 g/mol. The summed E-state index contributed by atoms with van der Waals surface area (Å²) in [5.41, 5.74) is 0.566. The second kappa shape index (κ2) is 9.77. The van der Waals surface area contributed by atoms with Gasteiger partial charge < -0.3 is 9.47 Å². The zero-order chi connectivity index (χ0) is 20.9. The molecule has 1 heterocycles. The van der Waals surface area contributed by atoms with E-state index in [4.69, 9.17) is 9.47 Å². The molecule has 1 unspecified atom stereocenters. The van der Waals surface area contributed by atoms with Crippen LogP contribution in [0.4, 0.5) is 5.69 Å². The zero-order valence-corrected chi connectivity index (χ0v) is 17.9. The summed E-state index contributed by atoms with van der Waals surface area (Å²) >= 11 is 3.34. The van der Waals surface area contributed by atoms with E-state index in [0.717, 1.165) is 5.56 Å². The number of nitro benzene ring substituents is 1. The van der Waals surface area contributed by atoms with Gasteiger partial charge in [-0.2, -0.15) is 4.31 Å². The molecule has 0 amide bonds. The van der Waals surface area contributed by atoms with Crippen molar-refractivity contribution in [2.45, 2.75) is 23.7 Å². The van der Waals surface area contributed by atoms with Crippen molar-refractivity contribution >= 4 is 31.6 Å². The molecule has 0 spiro atoms. The number of para-hydroxylation sites is 1. The Labute approximate surface area is 177 Å². The molecule has 0 bridgehead atoms. The molecular formula is C19H21BrN2O6S. The Morgan fingerprint density at radius 2 is 1.76 bits per heavy atom. The van der Waals surface area contributed by atoms with Crippen molar-refractivity contribution in [3.63, 3.8) is 0 Å². The fourth-order valence-electron chi connectivity index (χ4n) is 3.11. The third-order valence-electron chi connectivity index (χ3n) is 4.47. The first-order chi connectivity index (χ1) is 13.9. The minimum atomic E-state index is -4.06. The molecule has 1 fully saturated rings. The summed E-state index contributed by atoms with van der Waals surface area (Å²) in [7, 11) is -4.06. The minimum absolute atomic E-state index is 0.0622. The van der Waals surface area contributed by atoms with Crippen LogP contribution in [0, 0.1) is 10.1 Å². The lowest BCUT2D eigenvalue weighted by atomic mass is 10.2. The largest absolute Gasteiger partial charge is 0.374 e. The SMILES string of the molecule is O=[N+]([O-])c1ccccc1S(=O)(=O)N1CC(CBr)O[C@@H](COCc2ccccc2)C1. The van der Waals surface area contributed by atoms with Gasteiger partial charge in [-0.15, -0.1) is 0 Å². The third kappa shape index (κ3) is 5.40. The van der Waals surface area contributed by atoms with E-state index in [-0.39, 0.29) is 30.7 Å². The average molecular weight is 485 g/mol. The molecule has 1 aliphatic heterocycles. The fourth-order valence-corrected chi connectivity index (χ4v) is 5.13. The molecule has 2 aromatic rings. The normalized spacial score (nSPS) is 20.4. The first-order valence-corrected chi connectivity index (χ1v) is 11.5. The lowest BCUT2D eigenvalue weighted by Crippen LogP contribution is -2.51. The van der Waals surface area contributed by atoms with Crippen LogP contribution in [-0.4, -0.2) is 54.9 Å². The van der Waals surface area contributed by atoms with E-state index >= 15 is 0 Å². The number of nitro groups is 1. The molecule has 29 heavy (non-hydrogen) atoms. The molecule has 2 aromatic carbocycles. The summed E-state index contributed by atoms with van der Waals surface area (Å²) in [5, 5.41) is 11.7. The predicted octanol–water partition coefficient (Wildman–Crippen LogP) is 2.96. The number of hydrogen-bond donors (Lipinski definition) is 0. The maximum atomic E-state index is 13.1. The van der Waals surface area contributed by atoms with Crippen molar-refractivity contribution in [2.24, 2.45) is 0 Å². The molecule has 0 N–H and O–H groups in total. The number of halogens is 1. The molecule has 0 radical (unpaired) electrons. The van der Waals surface area contributed by atoms with Crippen LogP contribution in [0.5, 0.6) is 0 Å². The van der Waals surface area contributed by atoms with Crippen molar-refractivity contribution in [2.75, 3.05) is 25.0 Å². The molecule has 0 aliphatic carbocycles. The summed E-state index contributed by atoms with van der Waals surface area (Å²) in [6.07, 6.45) is -0.862. The second-order valence-electron chi connectivity index (χ2n) is 6.58. The van der Waals surface area contributed by atoms with Crippen molar-refractivity contribution in [3.8, 4) is 0 Å². The van der Waals surface area contributed by atoms with Gasteiger partial charge in [-0.25, -0.2) is 8.42 Å². The number of benzene rings is 2. The monoisotopic (exact) mass is 484 g/mol. The predicted molar refractivity (Wildman–Crippen MR) is 110 cm³/mol. The highest BCUT2D eigenvalue weighted by Gasteiger charge is 2.38. The highest BCUT2D eigenvalue weighted by atomic mass is 79.9. The molecule has 0 aromatic heterocycles. The van der Waals surface area contributed by atoms with Crippen molar-refractivity contribution in [1.82, 2.24) is 4.31 Å². The van der Waals surface area contributed by atoms with Gasteiger partial charge in [-0.3, -0.25) is 10.1 Å². The van der Waals surface area contributed by atoms with Crippen LogP contribution < -0.4 is 0 Å². The Morgan fingerprint density at radius 1 is 1.10 bits per heavy atom. The summed E-state index contributed by atoms with van der Waals surface area (Å²) in [6, 6.07) is 15.0. The van der Waals surface area contributed by atoms with E-state index in [0.29, 0.717) is 11.9 Å². The van der Waals surface area contributed by atoms with E-state index in [1.165, 1.54) is 28.6 Å². The van der Waals surface area contributed by atoms with Crippen LogP contribution in [0.1, 0.15) is 5.56 Å². The Kier molecular flexibility index (Phi) is 7.36. The van der Waals surface area contributed by atoms with Gasteiger partial charge in [-0.05, 0) is 11.6 Å². The number of sulfonamides is 1. The van der Waals surface area contributed by atoms with Crippen molar-refractivity contribution in [3.05, 3.63) is 70.3 Å². The Balaban J connectivity index is 1.74. The second-order valence-corrected chi connectivity index (χ2v) is 9.14. The topological polar surface area (TPSA) is 99.0 Å². The van der Waals surface area contributed by atoms with E-state index in [2.05, 4.69) is 15.9 Å². The third-order valence-corrected chi connectivity index (χ3v) is 7.07. The quantitative estimate of drug-likeness (QED) is 0.324.